The third-order valence-electron chi connectivity index (χ3n) is 3.45. The number of nitrogen functional groups attached to an aromatic ring is 1. The van der Waals surface area contributed by atoms with Gasteiger partial charge in [-0.05, 0) is 53.9 Å². The van der Waals surface area contributed by atoms with E-state index < -0.39 is 0 Å². The van der Waals surface area contributed by atoms with E-state index in [9.17, 15) is 4.79 Å². The molecule has 2 rings (SSSR count). The summed E-state index contributed by atoms with van der Waals surface area (Å²) >= 11 is 3.52. The smallest absolute Gasteiger partial charge is 0.255 e. The Bertz CT molecular complexity index is 778. The van der Waals surface area contributed by atoms with Crippen LogP contribution in [0.2, 0.25) is 0 Å². The quantitative estimate of drug-likeness (QED) is 0.764. The highest BCUT2D eigenvalue weighted by atomic mass is 79.9. The second-order valence-electron chi connectivity index (χ2n) is 6.10. The van der Waals surface area contributed by atoms with Crippen LogP contribution in [0, 0.1) is 12.8 Å². The second kappa shape index (κ2) is 8.29. The number of nitrogens with one attached hydrogen (secondary N) is 1. The number of rotatable bonds is 6. The van der Waals surface area contributed by atoms with Crippen molar-refractivity contribution in [1.82, 2.24) is 15.3 Å². The van der Waals surface area contributed by atoms with Crippen LogP contribution in [0.3, 0.4) is 0 Å². The van der Waals surface area contributed by atoms with Crippen molar-refractivity contribution in [2.24, 2.45) is 5.92 Å². The number of halogens is 1. The topological polar surface area (TPSA) is 90.1 Å². The molecule has 6 nitrogen and oxygen atoms in total. The van der Waals surface area contributed by atoms with Gasteiger partial charge in [0, 0.05) is 12.1 Å². The molecule has 0 aliphatic rings. The standard InChI is InChI=1S/C18H23BrN4O2/c1-5-21-17(24)15-11(4)22-18(20)23-16(15)12-6-7-14(13(19)8-12)25-9-10(2)3/h6-8,10H,5,9H2,1-4H3,(H,21,24)(H2,20,22,23). The number of nitrogens with two attached hydrogens (primary N) is 1. The van der Waals surface area contributed by atoms with Gasteiger partial charge in [-0.3, -0.25) is 4.79 Å². The van der Waals surface area contributed by atoms with E-state index in [2.05, 4.69) is 45.1 Å². The highest BCUT2D eigenvalue weighted by Crippen LogP contribution is 2.32. The highest BCUT2D eigenvalue weighted by molar-refractivity contribution is 9.10. The molecule has 2 aromatic rings. The Morgan fingerprint density at radius 2 is 2.08 bits per heavy atom. The van der Waals surface area contributed by atoms with Gasteiger partial charge in [-0.2, -0.15) is 0 Å². The Morgan fingerprint density at radius 1 is 1.36 bits per heavy atom. The molecule has 0 saturated carbocycles. The van der Waals surface area contributed by atoms with Crippen LogP contribution in [0.4, 0.5) is 5.95 Å². The van der Waals surface area contributed by atoms with Crippen molar-refractivity contribution < 1.29 is 9.53 Å². The molecule has 1 amide bonds. The monoisotopic (exact) mass is 406 g/mol. The summed E-state index contributed by atoms with van der Waals surface area (Å²) in [5.74, 6) is 1.10. The molecule has 0 atom stereocenters. The number of nitrogens with zero attached hydrogens (tertiary/aromatic N) is 2. The number of amides is 1. The van der Waals surface area contributed by atoms with Crippen molar-refractivity contribution >= 4 is 27.8 Å². The minimum Gasteiger partial charge on any atom is -0.492 e. The first-order chi connectivity index (χ1) is 11.8. The molecule has 25 heavy (non-hydrogen) atoms. The number of anilines is 1. The van der Waals surface area contributed by atoms with Gasteiger partial charge < -0.3 is 15.8 Å². The van der Waals surface area contributed by atoms with E-state index in [-0.39, 0.29) is 11.9 Å². The summed E-state index contributed by atoms with van der Waals surface area (Å²) in [7, 11) is 0. The van der Waals surface area contributed by atoms with Crippen LogP contribution in [0.15, 0.2) is 22.7 Å². The number of hydrogen-bond donors (Lipinski definition) is 2. The Morgan fingerprint density at radius 3 is 2.68 bits per heavy atom. The molecule has 0 fully saturated rings. The van der Waals surface area contributed by atoms with Crippen molar-refractivity contribution in [3.05, 3.63) is 33.9 Å². The van der Waals surface area contributed by atoms with Crippen LogP contribution in [0.25, 0.3) is 11.3 Å². The number of benzene rings is 1. The van der Waals surface area contributed by atoms with Crippen LogP contribution in [-0.2, 0) is 0 Å². The zero-order valence-corrected chi connectivity index (χ0v) is 16.5. The lowest BCUT2D eigenvalue weighted by molar-refractivity contribution is 0.0955. The summed E-state index contributed by atoms with van der Waals surface area (Å²) in [6, 6.07) is 5.60. The predicted octanol–water partition coefficient (Wildman–Crippen LogP) is 3.58. The van der Waals surface area contributed by atoms with E-state index in [0.29, 0.717) is 36.0 Å². The van der Waals surface area contributed by atoms with Gasteiger partial charge in [-0.25, -0.2) is 9.97 Å². The zero-order chi connectivity index (χ0) is 18.6. The van der Waals surface area contributed by atoms with Crippen molar-refractivity contribution in [2.45, 2.75) is 27.7 Å². The molecule has 0 aliphatic carbocycles. The minimum atomic E-state index is -0.216. The second-order valence-corrected chi connectivity index (χ2v) is 6.95. The van der Waals surface area contributed by atoms with Gasteiger partial charge in [0.2, 0.25) is 5.95 Å². The van der Waals surface area contributed by atoms with Crippen molar-refractivity contribution in [2.75, 3.05) is 18.9 Å². The first-order valence-electron chi connectivity index (χ1n) is 8.18. The minimum absolute atomic E-state index is 0.136. The van der Waals surface area contributed by atoms with Gasteiger partial charge in [0.1, 0.15) is 5.75 Å². The van der Waals surface area contributed by atoms with E-state index in [0.717, 1.165) is 15.8 Å². The maximum atomic E-state index is 12.4. The van der Waals surface area contributed by atoms with Gasteiger partial charge >= 0.3 is 0 Å². The summed E-state index contributed by atoms with van der Waals surface area (Å²) in [6.07, 6.45) is 0. The van der Waals surface area contributed by atoms with Crippen LogP contribution < -0.4 is 15.8 Å². The van der Waals surface area contributed by atoms with Gasteiger partial charge in [0.15, 0.2) is 0 Å². The fourth-order valence-electron chi connectivity index (χ4n) is 2.35. The Hall–Kier alpha value is -2.15. The van der Waals surface area contributed by atoms with E-state index in [1.165, 1.54) is 0 Å². The van der Waals surface area contributed by atoms with Crippen molar-refractivity contribution in [1.29, 1.82) is 0 Å². The van der Waals surface area contributed by atoms with Crippen molar-refractivity contribution in [3.63, 3.8) is 0 Å². The Kier molecular flexibility index (Phi) is 6.36. The summed E-state index contributed by atoms with van der Waals surface area (Å²) in [4.78, 5) is 20.8. The molecule has 134 valence electrons. The van der Waals surface area contributed by atoms with Crippen LogP contribution in [0.5, 0.6) is 5.75 Å². The molecule has 0 spiro atoms. The fraction of sp³-hybridized carbons (Fsp3) is 0.389. The third kappa shape index (κ3) is 4.69. The number of aromatic nitrogens is 2. The number of ether oxygens (including phenoxy) is 1. The average Bonchev–Trinajstić information content (AvgIpc) is 2.52. The molecule has 0 aliphatic heterocycles. The maximum Gasteiger partial charge on any atom is 0.255 e. The lowest BCUT2D eigenvalue weighted by Crippen LogP contribution is -2.25. The molecule has 3 N–H and O–H groups in total. The molecule has 0 bridgehead atoms. The van der Waals surface area contributed by atoms with E-state index >= 15 is 0 Å². The number of carbonyl (C=O) groups excluding carboxylic acids is 1. The normalized spacial score (nSPS) is 10.8. The largest absolute Gasteiger partial charge is 0.492 e. The third-order valence-corrected chi connectivity index (χ3v) is 4.07. The molecule has 7 heteroatoms. The van der Waals surface area contributed by atoms with E-state index in [4.69, 9.17) is 10.5 Å². The van der Waals surface area contributed by atoms with Gasteiger partial charge in [0.25, 0.3) is 5.91 Å². The number of hydrogen-bond acceptors (Lipinski definition) is 5. The number of carbonyl (C=O) groups is 1. The first kappa shape index (κ1) is 19.2. The molecule has 0 unspecified atom stereocenters. The average molecular weight is 407 g/mol. The predicted molar refractivity (Wildman–Crippen MR) is 103 cm³/mol. The molecule has 0 radical (unpaired) electrons. The first-order valence-corrected chi connectivity index (χ1v) is 8.97. The SMILES string of the molecule is CCNC(=O)c1c(C)nc(N)nc1-c1ccc(OCC(C)C)c(Br)c1. The lowest BCUT2D eigenvalue weighted by atomic mass is 10.0. The van der Waals surface area contributed by atoms with Gasteiger partial charge in [-0.15, -0.1) is 0 Å². The fourth-order valence-corrected chi connectivity index (χ4v) is 2.84. The molecule has 1 heterocycles. The van der Waals surface area contributed by atoms with Crippen LogP contribution in [0.1, 0.15) is 36.8 Å². The van der Waals surface area contributed by atoms with Gasteiger partial charge in [-0.1, -0.05) is 13.8 Å². The molecular formula is C18H23BrN4O2. The van der Waals surface area contributed by atoms with Gasteiger partial charge in [0.05, 0.1) is 28.0 Å². The maximum absolute atomic E-state index is 12.4. The lowest BCUT2D eigenvalue weighted by Gasteiger charge is -2.14. The van der Waals surface area contributed by atoms with E-state index in [1.807, 2.05) is 25.1 Å². The van der Waals surface area contributed by atoms with E-state index in [1.54, 1.807) is 6.92 Å². The summed E-state index contributed by atoms with van der Waals surface area (Å²) in [5.41, 5.74) is 8.05. The zero-order valence-electron chi connectivity index (χ0n) is 14.9. The summed E-state index contributed by atoms with van der Waals surface area (Å²) in [6.45, 7) is 8.94. The molecular weight excluding hydrogens is 384 g/mol. The number of aryl methyl sites for hydroxylation is 1. The van der Waals surface area contributed by atoms with Crippen molar-refractivity contribution in [3.8, 4) is 17.0 Å². The molecule has 0 saturated heterocycles. The highest BCUT2D eigenvalue weighted by Gasteiger charge is 2.19. The summed E-state index contributed by atoms with van der Waals surface area (Å²) < 4.78 is 6.56. The van der Waals surface area contributed by atoms with Crippen LogP contribution >= 0.6 is 15.9 Å². The summed E-state index contributed by atoms with van der Waals surface area (Å²) in [5, 5.41) is 2.79. The Balaban J connectivity index is 2.47. The Labute approximate surface area is 156 Å². The molecule has 1 aromatic carbocycles. The van der Waals surface area contributed by atoms with Crippen LogP contribution in [-0.4, -0.2) is 29.0 Å². The molecule has 1 aromatic heterocycles.